The van der Waals surface area contributed by atoms with E-state index in [1.807, 2.05) is 13.2 Å². The minimum atomic E-state index is -1.26. The molecule has 0 saturated heterocycles. The van der Waals surface area contributed by atoms with Crippen LogP contribution in [0.3, 0.4) is 0 Å². The number of amides is 3. The van der Waals surface area contributed by atoms with Crippen molar-refractivity contribution in [2.75, 3.05) is 12.0 Å². The molecular weight excluding hydrogens is 524 g/mol. The molecule has 39 heavy (non-hydrogen) atoms. The third kappa shape index (κ3) is 10.2. The van der Waals surface area contributed by atoms with Gasteiger partial charge in [0.2, 0.25) is 17.7 Å². The number of carbonyl (C=O) groups is 4. The van der Waals surface area contributed by atoms with Gasteiger partial charge in [-0.25, -0.2) is 9.78 Å². The van der Waals surface area contributed by atoms with Crippen molar-refractivity contribution in [1.29, 1.82) is 0 Å². The molecule has 0 spiro atoms. The van der Waals surface area contributed by atoms with Crippen LogP contribution in [0.4, 0.5) is 0 Å². The van der Waals surface area contributed by atoms with Crippen LogP contribution in [0.5, 0.6) is 5.75 Å². The van der Waals surface area contributed by atoms with Gasteiger partial charge in [-0.3, -0.25) is 14.4 Å². The maximum absolute atomic E-state index is 13.4. The van der Waals surface area contributed by atoms with Crippen LogP contribution in [0.25, 0.3) is 0 Å². The summed E-state index contributed by atoms with van der Waals surface area (Å²) < 4.78 is 0. The first-order chi connectivity index (χ1) is 18.5. The lowest BCUT2D eigenvalue weighted by molar-refractivity contribution is -0.142. The van der Waals surface area contributed by atoms with Crippen LogP contribution in [0.1, 0.15) is 37.9 Å². The standard InChI is InChI=1S/C26H38N6O6S/c1-4-15(2)22(25(36)31-21(26(37)38)11-16-5-7-18(33)8-6-16)32-24(35)20(12-17-13-28-14-29-17)30-23(34)19(27)9-10-39-3/h5-8,13-15,19-22,33H,4,9-12,27H2,1-3H3,(H,28,29)(H,30,34)(H,31,36)(H,32,35)(H,37,38). The predicted octanol–water partition coefficient (Wildman–Crippen LogP) is 0.566. The van der Waals surface area contributed by atoms with Gasteiger partial charge in [-0.2, -0.15) is 11.8 Å². The summed E-state index contributed by atoms with van der Waals surface area (Å²) in [6.07, 6.45) is 5.89. The summed E-state index contributed by atoms with van der Waals surface area (Å²) in [6, 6.07) is 1.81. The van der Waals surface area contributed by atoms with Crippen LogP contribution in [-0.4, -0.2) is 80.0 Å². The zero-order chi connectivity index (χ0) is 28.9. The third-order valence-corrected chi connectivity index (χ3v) is 7.01. The van der Waals surface area contributed by atoms with E-state index < -0.39 is 47.9 Å². The fourth-order valence-corrected chi connectivity index (χ4v) is 4.25. The van der Waals surface area contributed by atoms with Crippen LogP contribution in [0.15, 0.2) is 36.8 Å². The molecule has 13 heteroatoms. The number of H-pyrrole nitrogens is 1. The first-order valence-corrected chi connectivity index (χ1v) is 14.1. The van der Waals surface area contributed by atoms with Crippen molar-refractivity contribution in [3.63, 3.8) is 0 Å². The van der Waals surface area contributed by atoms with E-state index in [0.717, 1.165) is 0 Å². The number of phenolic OH excluding ortho intramolecular Hbond substituents is 1. The molecule has 0 aliphatic carbocycles. The van der Waals surface area contributed by atoms with Gasteiger partial charge in [0.25, 0.3) is 0 Å². The number of rotatable bonds is 16. The molecule has 214 valence electrons. The number of hydrogen-bond donors (Lipinski definition) is 7. The number of nitrogens with two attached hydrogens (primary N) is 1. The van der Waals surface area contributed by atoms with Crippen LogP contribution < -0.4 is 21.7 Å². The van der Waals surface area contributed by atoms with Crippen molar-refractivity contribution < 1.29 is 29.4 Å². The summed E-state index contributed by atoms with van der Waals surface area (Å²) in [4.78, 5) is 58.1. The third-order valence-electron chi connectivity index (χ3n) is 6.37. The zero-order valence-electron chi connectivity index (χ0n) is 22.3. The number of phenols is 1. The van der Waals surface area contributed by atoms with Crippen molar-refractivity contribution in [2.24, 2.45) is 11.7 Å². The lowest BCUT2D eigenvalue weighted by Gasteiger charge is -2.28. The van der Waals surface area contributed by atoms with Gasteiger partial charge in [-0.05, 0) is 42.0 Å². The molecule has 8 N–H and O–H groups in total. The normalized spacial score (nSPS) is 14.9. The van der Waals surface area contributed by atoms with Crippen LogP contribution in [-0.2, 0) is 32.0 Å². The van der Waals surface area contributed by atoms with Gasteiger partial charge in [0.05, 0.1) is 12.4 Å². The number of carbonyl (C=O) groups excluding carboxylic acids is 3. The van der Waals surface area contributed by atoms with E-state index in [-0.39, 0.29) is 24.5 Å². The second-order valence-electron chi connectivity index (χ2n) is 9.37. The SMILES string of the molecule is CCC(C)C(NC(=O)C(Cc1cnc[nH]1)NC(=O)C(N)CCSC)C(=O)NC(Cc1ccc(O)cc1)C(=O)O. The molecule has 12 nitrogen and oxygen atoms in total. The molecule has 0 aliphatic rings. The fraction of sp³-hybridized carbons (Fsp3) is 0.500. The Labute approximate surface area is 231 Å². The Morgan fingerprint density at radius 2 is 1.69 bits per heavy atom. The van der Waals surface area contributed by atoms with E-state index in [0.29, 0.717) is 29.9 Å². The lowest BCUT2D eigenvalue weighted by atomic mass is 9.96. The summed E-state index contributed by atoms with van der Waals surface area (Å²) in [5, 5.41) is 27.1. The number of carboxylic acids is 1. The van der Waals surface area contributed by atoms with E-state index in [1.165, 1.54) is 24.7 Å². The minimum Gasteiger partial charge on any atom is -0.508 e. The van der Waals surface area contributed by atoms with Gasteiger partial charge in [-0.1, -0.05) is 32.4 Å². The number of aliphatic carboxylic acids is 1. The van der Waals surface area contributed by atoms with Gasteiger partial charge < -0.3 is 36.9 Å². The molecule has 0 saturated carbocycles. The average Bonchev–Trinajstić information content (AvgIpc) is 3.43. The number of imidazole rings is 1. The lowest BCUT2D eigenvalue weighted by Crippen LogP contribution is -2.59. The number of aromatic nitrogens is 2. The number of carboxylic acid groups (broad SMARTS) is 1. The van der Waals surface area contributed by atoms with E-state index in [1.54, 1.807) is 30.8 Å². The Balaban J connectivity index is 2.19. The van der Waals surface area contributed by atoms with Crippen LogP contribution in [0, 0.1) is 5.92 Å². The number of aromatic amines is 1. The molecule has 2 aromatic rings. The second kappa shape index (κ2) is 15.7. The summed E-state index contributed by atoms with van der Waals surface area (Å²) in [5.74, 6) is -2.63. The molecule has 3 amide bonds. The number of aromatic hydroxyl groups is 1. The first-order valence-electron chi connectivity index (χ1n) is 12.7. The van der Waals surface area contributed by atoms with Crippen LogP contribution in [0.2, 0.25) is 0 Å². The summed E-state index contributed by atoms with van der Waals surface area (Å²) in [6.45, 7) is 3.61. The minimum absolute atomic E-state index is 0.0189. The van der Waals surface area contributed by atoms with Crippen molar-refractivity contribution in [3.05, 3.63) is 48.0 Å². The maximum atomic E-state index is 13.4. The Morgan fingerprint density at radius 3 is 2.26 bits per heavy atom. The molecule has 0 fully saturated rings. The molecule has 0 radical (unpaired) electrons. The van der Waals surface area contributed by atoms with E-state index in [2.05, 4.69) is 25.9 Å². The highest BCUT2D eigenvalue weighted by molar-refractivity contribution is 7.98. The summed E-state index contributed by atoms with van der Waals surface area (Å²) >= 11 is 1.55. The van der Waals surface area contributed by atoms with Crippen molar-refractivity contribution >= 4 is 35.5 Å². The van der Waals surface area contributed by atoms with Gasteiger partial charge in [0.1, 0.15) is 23.9 Å². The largest absolute Gasteiger partial charge is 0.508 e. The van der Waals surface area contributed by atoms with Crippen LogP contribution >= 0.6 is 11.8 Å². The number of thioether (sulfide) groups is 1. The highest BCUT2D eigenvalue weighted by Crippen LogP contribution is 2.13. The fourth-order valence-electron chi connectivity index (χ4n) is 3.77. The van der Waals surface area contributed by atoms with Crippen molar-refractivity contribution in [1.82, 2.24) is 25.9 Å². The van der Waals surface area contributed by atoms with E-state index in [4.69, 9.17) is 5.73 Å². The second-order valence-corrected chi connectivity index (χ2v) is 10.4. The molecule has 5 atom stereocenters. The summed E-state index contributed by atoms with van der Waals surface area (Å²) in [5.41, 5.74) is 7.18. The van der Waals surface area contributed by atoms with Gasteiger partial charge in [0.15, 0.2) is 0 Å². The molecule has 0 aliphatic heterocycles. The summed E-state index contributed by atoms with van der Waals surface area (Å²) in [7, 11) is 0. The molecule has 1 heterocycles. The van der Waals surface area contributed by atoms with Gasteiger partial charge in [-0.15, -0.1) is 0 Å². The van der Waals surface area contributed by atoms with Gasteiger partial charge >= 0.3 is 5.97 Å². The molecule has 2 rings (SSSR count). The Bertz CT molecular complexity index is 1080. The molecule has 5 unspecified atom stereocenters. The number of benzene rings is 1. The predicted molar refractivity (Wildman–Crippen MR) is 148 cm³/mol. The van der Waals surface area contributed by atoms with Gasteiger partial charge in [0, 0.05) is 24.7 Å². The van der Waals surface area contributed by atoms with Crippen molar-refractivity contribution in [2.45, 2.75) is 63.7 Å². The average molecular weight is 563 g/mol. The number of hydrogen-bond acceptors (Lipinski definition) is 8. The molecule has 1 aromatic heterocycles. The Kier molecular flexibility index (Phi) is 12.8. The monoisotopic (exact) mass is 562 g/mol. The van der Waals surface area contributed by atoms with Crippen molar-refractivity contribution in [3.8, 4) is 5.75 Å². The number of nitrogens with zero attached hydrogens (tertiary/aromatic N) is 1. The highest BCUT2D eigenvalue weighted by Gasteiger charge is 2.33. The van der Waals surface area contributed by atoms with E-state index >= 15 is 0 Å². The quantitative estimate of drug-likeness (QED) is 0.153. The smallest absolute Gasteiger partial charge is 0.326 e. The topological polar surface area (TPSA) is 200 Å². The number of nitrogens with one attached hydrogen (secondary N) is 4. The Morgan fingerprint density at radius 1 is 1.03 bits per heavy atom. The highest BCUT2D eigenvalue weighted by atomic mass is 32.2. The Hall–Kier alpha value is -3.58. The van der Waals surface area contributed by atoms with E-state index in [9.17, 15) is 29.4 Å². The molecular formula is C26H38N6O6S. The molecule has 1 aromatic carbocycles. The zero-order valence-corrected chi connectivity index (χ0v) is 23.2. The maximum Gasteiger partial charge on any atom is 0.326 e. The first kappa shape index (κ1) is 31.6. The molecule has 0 bridgehead atoms.